The zero-order valence-corrected chi connectivity index (χ0v) is 10.4. The Morgan fingerprint density at radius 1 is 1.65 bits per heavy atom. The summed E-state index contributed by atoms with van der Waals surface area (Å²) in [6.45, 7) is 2.52. The van der Waals surface area contributed by atoms with Crippen molar-refractivity contribution < 1.29 is 9.90 Å². The number of carbonyl (C=O) groups excluding carboxylic acids is 1. The Labute approximate surface area is 105 Å². The SMILES string of the molecule is Cc1cc(C(=O)N2CCC[C@H]2CO)cc(Cl)n1. The van der Waals surface area contributed by atoms with Crippen molar-refractivity contribution in [2.24, 2.45) is 0 Å². The highest BCUT2D eigenvalue weighted by Gasteiger charge is 2.28. The molecule has 1 amide bonds. The van der Waals surface area contributed by atoms with Gasteiger partial charge in [-0.2, -0.15) is 0 Å². The smallest absolute Gasteiger partial charge is 0.254 e. The predicted octanol–water partition coefficient (Wildman–Crippen LogP) is 1.64. The zero-order valence-electron chi connectivity index (χ0n) is 9.69. The van der Waals surface area contributed by atoms with Crippen LogP contribution in [0.5, 0.6) is 0 Å². The van der Waals surface area contributed by atoms with Crippen LogP contribution in [0.3, 0.4) is 0 Å². The maximum absolute atomic E-state index is 12.2. The lowest BCUT2D eigenvalue weighted by molar-refractivity contribution is 0.0677. The van der Waals surface area contributed by atoms with Gasteiger partial charge in [-0.3, -0.25) is 4.79 Å². The molecular formula is C12H15ClN2O2. The number of likely N-dealkylation sites (tertiary alicyclic amines) is 1. The lowest BCUT2D eigenvalue weighted by Crippen LogP contribution is -2.37. The minimum atomic E-state index is -0.0750. The summed E-state index contributed by atoms with van der Waals surface area (Å²) in [6.07, 6.45) is 1.80. The van der Waals surface area contributed by atoms with Gasteiger partial charge in [0.05, 0.1) is 12.6 Å². The monoisotopic (exact) mass is 254 g/mol. The summed E-state index contributed by atoms with van der Waals surface area (Å²) in [7, 11) is 0. The third-order valence-electron chi connectivity index (χ3n) is 3.02. The quantitative estimate of drug-likeness (QED) is 0.817. The molecule has 92 valence electrons. The van der Waals surface area contributed by atoms with Crippen molar-refractivity contribution in [3.63, 3.8) is 0 Å². The number of rotatable bonds is 2. The van der Waals surface area contributed by atoms with E-state index in [0.29, 0.717) is 17.3 Å². The summed E-state index contributed by atoms with van der Waals surface area (Å²) in [6, 6.07) is 3.24. The molecule has 17 heavy (non-hydrogen) atoms. The second kappa shape index (κ2) is 5.02. The van der Waals surface area contributed by atoms with E-state index >= 15 is 0 Å². The second-order valence-electron chi connectivity index (χ2n) is 4.30. The summed E-state index contributed by atoms with van der Waals surface area (Å²) in [5.74, 6) is -0.0750. The number of aliphatic hydroxyl groups is 1. The first kappa shape index (κ1) is 12.3. The van der Waals surface area contributed by atoms with E-state index in [2.05, 4.69) is 4.98 Å². The fourth-order valence-electron chi connectivity index (χ4n) is 2.21. The standard InChI is InChI=1S/C12H15ClN2O2/c1-8-5-9(6-11(13)14-8)12(17)15-4-2-3-10(15)7-16/h5-6,10,16H,2-4,7H2,1H3/t10-/m0/s1. The average molecular weight is 255 g/mol. The van der Waals surface area contributed by atoms with E-state index in [4.69, 9.17) is 11.6 Å². The fourth-order valence-corrected chi connectivity index (χ4v) is 2.46. The van der Waals surface area contributed by atoms with E-state index in [1.165, 1.54) is 0 Å². The van der Waals surface area contributed by atoms with Crippen LogP contribution in [-0.2, 0) is 0 Å². The van der Waals surface area contributed by atoms with Crippen LogP contribution < -0.4 is 0 Å². The highest BCUT2D eigenvalue weighted by atomic mass is 35.5. The molecule has 0 unspecified atom stereocenters. The van der Waals surface area contributed by atoms with E-state index < -0.39 is 0 Å². The van der Waals surface area contributed by atoms with Gasteiger partial charge in [-0.05, 0) is 31.9 Å². The molecule has 1 aromatic heterocycles. The van der Waals surface area contributed by atoms with Crippen LogP contribution in [-0.4, -0.2) is 40.1 Å². The molecule has 1 fully saturated rings. The maximum atomic E-state index is 12.2. The fraction of sp³-hybridized carbons (Fsp3) is 0.500. The van der Waals surface area contributed by atoms with Gasteiger partial charge in [0, 0.05) is 17.8 Å². The van der Waals surface area contributed by atoms with Gasteiger partial charge in [-0.1, -0.05) is 11.6 Å². The van der Waals surface area contributed by atoms with Crippen molar-refractivity contribution in [1.29, 1.82) is 0 Å². The highest BCUT2D eigenvalue weighted by molar-refractivity contribution is 6.29. The molecule has 5 heteroatoms. The molecule has 1 saturated heterocycles. The van der Waals surface area contributed by atoms with E-state index in [0.717, 1.165) is 18.5 Å². The summed E-state index contributed by atoms with van der Waals surface area (Å²) in [5, 5.41) is 9.54. The van der Waals surface area contributed by atoms with Crippen LogP contribution in [0.15, 0.2) is 12.1 Å². The summed E-state index contributed by atoms with van der Waals surface area (Å²) < 4.78 is 0. The molecule has 2 rings (SSSR count). The van der Waals surface area contributed by atoms with Gasteiger partial charge in [-0.25, -0.2) is 4.98 Å². The number of aromatic nitrogens is 1. The van der Waals surface area contributed by atoms with Crippen molar-refractivity contribution in [3.8, 4) is 0 Å². The number of aryl methyl sites for hydroxylation is 1. The average Bonchev–Trinajstić information content (AvgIpc) is 2.74. The molecule has 1 N–H and O–H groups in total. The molecule has 1 aliphatic rings. The molecule has 4 nitrogen and oxygen atoms in total. The molecule has 0 bridgehead atoms. The second-order valence-corrected chi connectivity index (χ2v) is 4.68. The van der Waals surface area contributed by atoms with Gasteiger partial charge in [0.15, 0.2) is 0 Å². The van der Waals surface area contributed by atoms with Crippen molar-refractivity contribution in [2.45, 2.75) is 25.8 Å². The van der Waals surface area contributed by atoms with E-state index in [1.807, 2.05) is 0 Å². The van der Waals surface area contributed by atoms with Crippen molar-refractivity contribution >= 4 is 17.5 Å². The molecule has 0 radical (unpaired) electrons. The molecule has 1 atom stereocenters. The van der Waals surface area contributed by atoms with Crippen molar-refractivity contribution in [3.05, 3.63) is 28.5 Å². The molecular weight excluding hydrogens is 240 g/mol. The number of amides is 1. The molecule has 1 aromatic rings. The molecule has 0 saturated carbocycles. The third-order valence-corrected chi connectivity index (χ3v) is 3.21. The summed E-state index contributed by atoms with van der Waals surface area (Å²) in [5.41, 5.74) is 1.27. The zero-order chi connectivity index (χ0) is 12.4. The normalized spacial score (nSPS) is 19.7. The molecule has 0 spiro atoms. The lowest BCUT2D eigenvalue weighted by atomic mass is 10.2. The summed E-state index contributed by atoms with van der Waals surface area (Å²) in [4.78, 5) is 18.0. The van der Waals surface area contributed by atoms with Gasteiger partial charge in [0.25, 0.3) is 5.91 Å². The Morgan fingerprint density at radius 3 is 3.06 bits per heavy atom. The minimum Gasteiger partial charge on any atom is -0.394 e. The summed E-state index contributed by atoms with van der Waals surface area (Å²) >= 11 is 5.84. The minimum absolute atomic E-state index is 0.0174. The largest absolute Gasteiger partial charge is 0.394 e. The predicted molar refractivity (Wildman–Crippen MR) is 65.1 cm³/mol. The van der Waals surface area contributed by atoms with Gasteiger partial charge in [0.1, 0.15) is 5.15 Å². The number of hydrogen-bond acceptors (Lipinski definition) is 3. The number of nitrogens with zero attached hydrogens (tertiary/aromatic N) is 2. The van der Waals surface area contributed by atoms with Crippen LogP contribution in [0.25, 0.3) is 0 Å². The van der Waals surface area contributed by atoms with Crippen molar-refractivity contribution in [2.75, 3.05) is 13.2 Å². The van der Waals surface area contributed by atoms with Gasteiger partial charge in [0.2, 0.25) is 0 Å². The van der Waals surface area contributed by atoms with Crippen molar-refractivity contribution in [1.82, 2.24) is 9.88 Å². The van der Waals surface area contributed by atoms with Gasteiger partial charge in [-0.15, -0.1) is 0 Å². The Morgan fingerprint density at radius 2 is 2.41 bits per heavy atom. The highest BCUT2D eigenvalue weighted by Crippen LogP contribution is 2.21. The Hall–Kier alpha value is -1.13. The first-order valence-electron chi connectivity index (χ1n) is 5.68. The number of aliphatic hydroxyl groups excluding tert-OH is 1. The Kier molecular flexibility index (Phi) is 3.64. The topological polar surface area (TPSA) is 53.4 Å². The number of hydrogen-bond donors (Lipinski definition) is 1. The van der Waals surface area contributed by atoms with Crippen LogP contribution in [0.2, 0.25) is 5.15 Å². The first-order chi connectivity index (χ1) is 8.11. The van der Waals surface area contributed by atoms with Gasteiger partial charge >= 0.3 is 0 Å². The molecule has 1 aliphatic heterocycles. The number of halogens is 1. The lowest BCUT2D eigenvalue weighted by Gasteiger charge is -2.23. The number of pyridine rings is 1. The van der Waals surface area contributed by atoms with E-state index in [9.17, 15) is 9.90 Å². The Balaban J connectivity index is 2.24. The Bertz CT molecular complexity index is 416. The van der Waals surface area contributed by atoms with Crippen LogP contribution >= 0.6 is 11.6 Å². The first-order valence-corrected chi connectivity index (χ1v) is 6.05. The van der Waals surface area contributed by atoms with Crippen LogP contribution in [0.4, 0.5) is 0 Å². The maximum Gasteiger partial charge on any atom is 0.254 e. The molecule has 0 aromatic carbocycles. The van der Waals surface area contributed by atoms with Gasteiger partial charge < -0.3 is 10.0 Å². The number of carbonyl (C=O) groups is 1. The van der Waals surface area contributed by atoms with E-state index in [-0.39, 0.29) is 18.6 Å². The van der Waals surface area contributed by atoms with E-state index in [1.54, 1.807) is 24.0 Å². The third kappa shape index (κ3) is 2.58. The molecule has 0 aliphatic carbocycles. The van der Waals surface area contributed by atoms with Crippen LogP contribution in [0.1, 0.15) is 28.9 Å². The molecule has 2 heterocycles. The van der Waals surface area contributed by atoms with Crippen LogP contribution in [0, 0.1) is 6.92 Å².